The number of ether oxygens (including phenoxy) is 1. The fourth-order valence-electron chi connectivity index (χ4n) is 2.83. The van der Waals surface area contributed by atoms with Crippen molar-refractivity contribution >= 4 is 56.5 Å². The van der Waals surface area contributed by atoms with Crippen LogP contribution >= 0.6 is 34.7 Å². The van der Waals surface area contributed by atoms with Gasteiger partial charge in [0.1, 0.15) is 10.4 Å². The lowest BCUT2D eigenvalue weighted by Gasteiger charge is -2.12. The standard InChI is InChI=1S/C21H16ClN3O3S2/c1-28-16-4-2-3-14(11-16)23-18(26)12-30-21-24-17-9-10-29-19(17)20(27)25(21)15-7-5-13(22)6-8-15/h2-11H,12H2,1H3,(H,23,26). The van der Waals surface area contributed by atoms with Crippen molar-refractivity contribution in [3.63, 3.8) is 0 Å². The molecule has 4 aromatic rings. The molecular weight excluding hydrogens is 442 g/mol. The zero-order chi connectivity index (χ0) is 21.1. The van der Waals surface area contributed by atoms with E-state index in [1.54, 1.807) is 61.7 Å². The third-order valence-electron chi connectivity index (χ3n) is 4.22. The molecule has 0 atom stereocenters. The number of nitrogens with one attached hydrogen (secondary N) is 1. The number of nitrogens with zero attached hydrogens (tertiary/aromatic N) is 2. The van der Waals surface area contributed by atoms with E-state index >= 15 is 0 Å². The van der Waals surface area contributed by atoms with E-state index < -0.39 is 0 Å². The molecule has 1 N–H and O–H groups in total. The predicted molar refractivity (Wildman–Crippen MR) is 123 cm³/mol. The maximum atomic E-state index is 13.1. The summed E-state index contributed by atoms with van der Waals surface area (Å²) in [5, 5.41) is 5.67. The maximum absolute atomic E-state index is 13.1. The van der Waals surface area contributed by atoms with Crippen molar-refractivity contribution in [3.8, 4) is 11.4 Å². The van der Waals surface area contributed by atoms with Gasteiger partial charge in [0.25, 0.3) is 5.56 Å². The van der Waals surface area contributed by atoms with Crippen LogP contribution < -0.4 is 15.6 Å². The Balaban J connectivity index is 1.61. The van der Waals surface area contributed by atoms with Crippen LogP contribution in [-0.4, -0.2) is 28.3 Å². The highest BCUT2D eigenvalue weighted by molar-refractivity contribution is 7.99. The quantitative estimate of drug-likeness (QED) is 0.331. The van der Waals surface area contributed by atoms with Crippen LogP contribution in [0.3, 0.4) is 0 Å². The fourth-order valence-corrected chi connectivity index (χ4v) is 4.53. The van der Waals surface area contributed by atoms with Gasteiger partial charge in [-0.1, -0.05) is 29.4 Å². The monoisotopic (exact) mass is 457 g/mol. The first kappa shape index (κ1) is 20.5. The van der Waals surface area contributed by atoms with Gasteiger partial charge < -0.3 is 10.1 Å². The van der Waals surface area contributed by atoms with Crippen molar-refractivity contribution in [3.05, 3.63) is 75.4 Å². The second-order valence-corrected chi connectivity index (χ2v) is 8.51. The van der Waals surface area contributed by atoms with Crippen LogP contribution in [-0.2, 0) is 4.79 Å². The molecule has 9 heteroatoms. The lowest BCUT2D eigenvalue weighted by molar-refractivity contribution is -0.113. The Labute approximate surface area is 185 Å². The molecule has 0 bridgehead atoms. The van der Waals surface area contributed by atoms with Gasteiger partial charge >= 0.3 is 0 Å². The molecule has 0 fully saturated rings. The summed E-state index contributed by atoms with van der Waals surface area (Å²) in [4.78, 5) is 30.2. The van der Waals surface area contributed by atoms with E-state index in [0.717, 1.165) is 0 Å². The summed E-state index contributed by atoms with van der Waals surface area (Å²) >= 11 is 8.53. The van der Waals surface area contributed by atoms with E-state index in [1.165, 1.54) is 27.7 Å². The minimum absolute atomic E-state index is 0.0902. The summed E-state index contributed by atoms with van der Waals surface area (Å²) < 4.78 is 7.25. The Morgan fingerprint density at radius 1 is 1.23 bits per heavy atom. The van der Waals surface area contributed by atoms with Gasteiger partial charge in [0, 0.05) is 16.8 Å². The van der Waals surface area contributed by atoms with E-state index in [9.17, 15) is 9.59 Å². The Morgan fingerprint density at radius 3 is 2.80 bits per heavy atom. The summed E-state index contributed by atoms with van der Waals surface area (Å²) in [6.07, 6.45) is 0. The number of rotatable bonds is 6. The van der Waals surface area contributed by atoms with Gasteiger partial charge in [0.15, 0.2) is 5.16 Å². The first-order valence-corrected chi connectivity index (χ1v) is 11.1. The first-order chi connectivity index (χ1) is 14.5. The minimum Gasteiger partial charge on any atom is -0.497 e. The van der Waals surface area contributed by atoms with Crippen LogP contribution in [0.5, 0.6) is 5.75 Å². The van der Waals surface area contributed by atoms with Gasteiger partial charge in [-0.2, -0.15) is 0 Å². The number of thiophene rings is 1. The first-order valence-electron chi connectivity index (χ1n) is 8.88. The number of benzene rings is 2. The van der Waals surface area contributed by atoms with Crippen molar-refractivity contribution < 1.29 is 9.53 Å². The number of carbonyl (C=O) groups excluding carboxylic acids is 1. The molecule has 0 spiro atoms. The molecule has 6 nitrogen and oxygen atoms in total. The summed E-state index contributed by atoms with van der Waals surface area (Å²) in [6, 6.07) is 15.9. The van der Waals surface area contributed by atoms with Crippen molar-refractivity contribution in [2.45, 2.75) is 5.16 Å². The zero-order valence-electron chi connectivity index (χ0n) is 15.8. The summed E-state index contributed by atoms with van der Waals surface area (Å²) in [6.45, 7) is 0. The number of hydrogen-bond donors (Lipinski definition) is 1. The number of fused-ring (bicyclic) bond motifs is 1. The molecular formula is C21H16ClN3O3S2. The van der Waals surface area contributed by atoms with Gasteiger partial charge in [-0.15, -0.1) is 11.3 Å². The van der Waals surface area contributed by atoms with E-state index in [4.69, 9.17) is 16.3 Å². The van der Waals surface area contributed by atoms with Crippen molar-refractivity contribution in [2.24, 2.45) is 0 Å². The van der Waals surface area contributed by atoms with Crippen LogP contribution in [0.25, 0.3) is 15.9 Å². The summed E-state index contributed by atoms with van der Waals surface area (Å²) in [7, 11) is 1.57. The number of amides is 1. The Bertz CT molecular complexity index is 1270. The Morgan fingerprint density at radius 2 is 2.03 bits per heavy atom. The molecule has 2 aromatic carbocycles. The number of halogens is 1. The van der Waals surface area contributed by atoms with E-state index in [-0.39, 0.29) is 17.2 Å². The molecule has 0 unspecified atom stereocenters. The average molecular weight is 458 g/mol. The van der Waals surface area contributed by atoms with Crippen molar-refractivity contribution in [1.29, 1.82) is 0 Å². The minimum atomic E-state index is -0.212. The Kier molecular flexibility index (Phi) is 6.08. The van der Waals surface area contributed by atoms with E-state index in [2.05, 4.69) is 10.3 Å². The highest BCUT2D eigenvalue weighted by Crippen LogP contribution is 2.25. The number of aromatic nitrogens is 2. The van der Waals surface area contributed by atoms with Crippen molar-refractivity contribution in [2.75, 3.05) is 18.2 Å². The fraction of sp³-hybridized carbons (Fsp3) is 0.0952. The molecule has 4 rings (SSSR count). The van der Waals surface area contributed by atoms with Gasteiger partial charge in [-0.3, -0.25) is 14.2 Å². The molecule has 1 amide bonds. The molecule has 0 aliphatic heterocycles. The molecule has 0 saturated heterocycles. The molecule has 152 valence electrons. The number of hydrogen-bond acceptors (Lipinski definition) is 6. The highest BCUT2D eigenvalue weighted by Gasteiger charge is 2.16. The van der Waals surface area contributed by atoms with Gasteiger partial charge in [-0.25, -0.2) is 4.98 Å². The van der Waals surface area contributed by atoms with Crippen molar-refractivity contribution in [1.82, 2.24) is 9.55 Å². The molecule has 0 saturated carbocycles. The second-order valence-electron chi connectivity index (χ2n) is 6.22. The molecule has 2 aromatic heterocycles. The van der Waals surface area contributed by atoms with Gasteiger partial charge in [-0.05, 0) is 47.8 Å². The highest BCUT2D eigenvalue weighted by atomic mass is 35.5. The summed E-state index contributed by atoms with van der Waals surface area (Å²) in [5.74, 6) is 0.532. The normalized spacial score (nSPS) is 10.9. The number of anilines is 1. The molecule has 0 aliphatic rings. The van der Waals surface area contributed by atoms with Gasteiger partial charge in [0.2, 0.25) is 5.91 Å². The van der Waals surface area contributed by atoms with Gasteiger partial charge in [0.05, 0.1) is 24.1 Å². The Hall–Kier alpha value is -2.81. The van der Waals surface area contributed by atoms with E-state index in [1.807, 2.05) is 5.38 Å². The molecule has 0 radical (unpaired) electrons. The second kappa shape index (κ2) is 8.91. The van der Waals surface area contributed by atoms with Crippen LogP contribution in [0, 0.1) is 0 Å². The smallest absolute Gasteiger partial charge is 0.276 e. The lowest BCUT2D eigenvalue weighted by atomic mass is 10.3. The third kappa shape index (κ3) is 4.35. The zero-order valence-corrected chi connectivity index (χ0v) is 18.2. The lowest BCUT2D eigenvalue weighted by Crippen LogP contribution is -2.22. The van der Waals surface area contributed by atoms with Crippen LogP contribution in [0.15, 0.2) is 69.9 Å². The maximum Gasteiger partial charge on any atom is 0.276 e. The number of carbonyl (C=O) groups is 1. The number of methoxy groups -OCH3 is 1. The topological polar surface area (TPSA) is 73.2 Å². The van der Waals surface area contributed by atoms with Crippen LogP contribution in [0.4, 0.5) is 5.69 Å². The SMILES string of the molecule is COc1cccc(NC(=O)CSc2nc3ccsc3c(=O)n2-c2ccc(Cl)cc2)c1. The molecule has 2 heterocycles. The number of thioether (sulfide) groups is 1. The van der Waals surface area contributed by atoms with Crippen LogP contribution in [0.1, 0.15) is 0 Å². The third-order valence-corrected chi connectivity index (χ3v) is 6.30. The largest absolute Gasteiger partial charge is 0.497 e. The van der Waals surface area contributed by atoms with Crippen LogP contribution in [0.2, 0.25) is 5.02 Å². The molecule has 30 heavy (non-hydrogen) atoms. The molecule has 0 aliphatic carbocycles. The predicted octanol–water partition coefficient (Wildman–Crippen LogP) is 4.84. The van der Waals surface area contributed by atoms with E-state index in [0.29, 0.717) is 37.5 Å². The average Bonchev–Trinajstić information content (AvgIpc) is 3.22. The summed E-state index contributed by atoms with van der Waals surface area (Å²) in [5.41, 5.74) is 1.72.